The van der Waals surface area contributed by atoms with Crippen molar-refractivity contribution in [3.05, 3.63) is 83.9 Å². The zero-order chi connectivity index (χ0) is 17.4. The molecule has 2 atom stereocenters. The van der Waals surface area contributed by atoms with Crippen LogP contribution in [0, 0.1) is 0 Å². The molecule has 0 aliphatic heterocycles. The molecule has 0 aliphatic rings. The monoisotopic (exact) mass is 321 g/mol. The number of aliphatic hydroxyl groups is 1. The Morgan fingerprint density at radius 3 is 1.83 bits per heavy atom. The summed E-state index contributed by atoms with van der Waals surface area (Å²) < 4.78 is 0. The highest BCUT2D eigenvalue weighted by molar-refractivity contribution is 5.63. The summed E-state index contributed by atoms with van der Waals surface area (Å²) in [7, 11) is 0. The van der Waals surface area contributed by atoms with Gasteiger partial charge in [0.1, 0.15) is 6.29 Å². The zero-order valence-corrected chi connectivity index (χ0v) is 13.7. The summed E-state index contributed by atoms with van der Waals surface area (Å²) in [6.07, 6.45) is 3.85. The standard InChI is InChI=1S/C21H23NO2/c1-3-16-5-9-18(10-6-16)20(15-23)13-22-14-21(24)19-11-7-17(4-2)8-12-19/h3-12,15,20-22,24H,1-2,13-14H2. The Morgan fingerprint density at radius 1 is 0.875 bits per heavy atom. The van der Waals surface area contributed by atoms with E-state index in [1.54, 1.807) is 12.2 Å². The van der Waals surface area contributed by atoms with E-state index in [1.807, 2.05) is 48.5 Å². The van der Waals surface area contributed by atoms with Gasteiger partial charge in [0.2, 0.25) is 0 Å². The molecule has 0 spiro atoms. The first-order valence-electron chi connectivity index (χ1n) is 7.96. The molecule has 3 heteroatoms. The molecule has 0 heterocycles. The van der Waals surface area contributed by atoms with E-state index in [2.05, 4.69) is 18.5 Å². The number of hydrogen-bond acceptors (Lipinski definition) is 3. The predicted molar refractivity (Wildman–Crippen MR) is 99.7 cm³/mol. The Hall–Kier alpha value is -2.49. The Kier molecular flexibility index (Phi) is 6.67. The van der Waals surface area contributed by atoms with Crippen LogP contribution in [0.3, 0.4) is 0 Å². The third-order valence-corrected chi connectivity index (χ3v) is 4.02. The first-order valence-corrected chi connectivity index (χ1v) is 7.96. The minimum atomic E-state index is -0.612. The van der Waals surface area contributed by atoms with Gasteiger partial charge in [-0.2, -0.15) is 0 Å². The van der Waals surface area contributed by atoms with E-state index in [1.165, 1.54) is 0 Å². The average molecular weight is 321 g/mol. The van der Waals surface area contributed by atoms with Gasteiger partial charge in [0.05, 0.1) is 12.0 Å². The van der Waals surface area contributed by atoms with Crippen molar-refractivity contribution >= 4 is 18.4 Å². The molecule has 124 valence electrons. The Labute approximate surface area is 143 Å². The highest BCUT2D eigenvalue weighted by Crippen LogP contribution is 2.16. The Morgan fingerprint density at radius 2 is 1.38 bits per heavy atom. The van der Waals surface area contributed by atoms with Crippen LogP contribution in [0.5, 0.6) is 0 Å². The second kappa shape index (κ2) is 8.96. The van der Waals surface area contributed by atoms with Crippen LogP contribution < -0.4 is 5.32 Å². The summed E-state index contributed by atoms with van der Waals surface area (Å²) in [5.74, 6) is -0.237. The topological polar surface area (TPSA) is 49.3 Å². The van der Waals surface area contributed by atoms with Crippen molar-refractivity contribution < 1.29 is 9.90 Å². The number of nitrogens with one attached hydrogen (secondary N) is 1. The number of hydrogen-bond donors (Lipinski definition) is 2. The zero-order valence-electron chi connectivity index (χ0n) is 13.7. The van der Waals surface area contributed by atoms with Crippen molar-refractivity contribution in [3.8, 4) is 0 Å². The van der Waals surface area contributed by atoms with Gasteiger partial charge in [-0.15, -0.1) is 0 Å². The number of aldehydes is 1. The number of benzene rings is 2. The quantitative estimate of drug-likeness (QED) is 0.694. The number of carbonyl (C=O) groups excluding carboxylic acids is 1. The second-order valence-corrected chi connectivity index (χ2v) is 5.66. The molecule has 2 rings (SSSR count). The number of aliphatic hydroxyl groups excluding tert-OH is 1. The molecule has 3 nitrogen and oxygen atoms in total. The van der Waals surface area contributed by atoms with Crippen LogP contribution in [0.2, 0.25) is 0 Å². The normalized spacial score (nSPS) is 13.0. The predicted octanol–water partition coefficient (Wildman–Crippen LogP) is 3.58. The van der Waals surface area contributed by atoms with Crippen LogP contribution in [0.4, 0.5) is 0 Å². The van der Waals surface area contributed by atoms with Crippen molar-refractivity contribution in [2.75, 3.05) is 13.1 Å². The van der Waals surface area contributed by atoms with E-state index in [0.717, 1.165) is 28.5 Å². The highest BCUT2D eigenvalue weighted by Gasteiger charge is 2.12. The fourth-order valence-corrected chi connectivity index (χ4v) is 2.47. The summed E-state index contributed by atoms with van der Waals surface area (Å²) >= 11 is 0. The van der Waals surface area contributed by atoms with E-state index in [9.17, 15) is 9.90 Å². The van der Waals surface area contributed by atoms with E-state index >= 15 is 0 Å². The summed E-state index contributed by atoms with van der Waals surface area (Å²) in [6, 6.07) is 15.3. The van der Waals surface area contributed by atoms with Gasteiger partial charge in [-0.05, 0) is 22.3 Å². The van der Waals surface area contributed by atoms with Crippen LogP contribution in [-0.2, 0) is 4.79 Å². The van der Waals surface area contributed by atoms with Crippen LogP contribution in [0.1, 0.15) is 34.3 Å². The molecular formula is C21H23NO2. The average Bonchev–Trinajstić information content (AvgIpc) is 2.65. The third-order valence-electron chi connectivity index (χ3n) is 4.02. The van der Waals surface area contributed by atoms with Crippen molar-refractivity contribution in [1.82, 2.24) is 5.32 Å². The van der Waals surface area contributed by atoms with Crippen molar-refractivity contribution in [3.63, 3.8) is 0 Å². The van der Waals surface area contributed by atoms with E-state index in [-0.39, 0.29) is 5.92 Å². The molecule has 0 fully saturated rings. The first-order chi connectivity index (χ1) is 11.7. The minimum absolute atomic E-state index is 0.237. The van der Waals surface area contributed by atoms with Crippen molar-refractivity contribution in [2.45, 2.75) is 12.0 Å². The van der Waals surface area contributed by atoms with Gasteiger partial charge in [-0.25, -0.2) is 0 Å². The summed E-state index contributed by atoms with van der Waals surface area (Å²) in [6.45, 7) is 8.31. The SMILES string of the molecule is C=Cc1ccc(C(O)CNCC(C=O)c2ccc(C=C)cc2)cc1. The smallest absolute Gasteiger partial charge is 0.128 e. The molecule has 24 heavy (non-hydrogen) atoms. The molecule has 2 N–H and O–H groups in total. The van der Waals surface area contributed by atoms with E-state index in [4.69, 9.17) is 0 Å². The summed E-state index contributed by atoms with van der Waals surface area (Å²) in [5, 5.41) is 13.4. The Balaban J connectivity index is 1.89. The van der Waals surface area contributed by atoms with Gasteiger partial charge in [0.15, 0.2) is 0 Å². The largest absolute Gasteiger partial charge is 0.387 e. The number of rotatable bonds is 9. The van der Waals surface area contributed by atoms with E-state index in [0.29, 0.717) is 13.1 Å². The molecule has 2 aromatic carbocycles. The van der Waals surface area contributed by atoms with Crippen molar-refractivity contribution in [2.24, 2.45) is 0 Å². The maximum atomic E-state index is 11.3. The fourth-order valence-electron chi connectivity index (χ4n) is 2.47. The van der Waals surface area contributed by atoms with Gasteiger partial charge >= 0.3 is 0 Å². The molecule has 0 saturated carbocycles. The highest BCUT2D eigenvalue weighted by atomic mass is 16.3. The van der Waals surface area contributed by atoms with Gasteiger partial charge in [0, 0.05) is 13.1 Å². The first kappa shape index (κ1) is 17.9. The van der Waals surface area contributed by atoms with Crippen LogP contribution in [-0.4, -0.2) is 24.5 Å². The lowest BCUT2D eigenvalue weighted by molar-refractivity contribution is -0.109. The molecule has 0 aliphatic carbocycles. The van der Waals surface area contributed by atoms with E-state index < -0.39 is 6.10 Å². The van der Waals surface area contributed by atoms with Crippen molar-refractivity contribution in [1.29, 1.82) is 0 Å². The maximum absolute atomic E-state index is 11.3. The van der Waals surface area contributed by atoms with Gasteiger partial charge in [0.25, 0.3) is 0 Å². The minimum Gasteiger partial charge on any atom is -0.387 e. The lowest BCUT2D eigenvalue weighted by Gasteiger charge is -2.16. The van der Waals surface area contributed by atoms with Gasteiger partial charge in [-0.1, -0.05) is 73.8 Å². The third kappa shape index (κ3) is 4.75. The molecule has 0 amide bonds. The fraction of sp³-hybridized carbons (Fsp3) is 0.190. The Bertz CT molecular complexity index is 674. The lowest BCUT2D eigenvalue weighted by atomic mass is 9.99. The molecule has 0 radical (unpaired) electrons. The summed E-state index contributed by atoms with van der Waals surface area (Å²) in [5.41, 5.74) is 3.83. The van der Waals surface area contributed by atoms with Crippen LogP contribution in [0.15, 0.2) is 61.7 Å². The second-order valence-electron chi connectivity index (χ2n) is 5.66. The molecule has 0 bridgehead atoms. The number of carbonyl (C=O) groups is 1. The van der Waals surface area contributed by atoms with Gasteiger partial charge in [-0.3, -0.25) is 0 Å². The molecule has 0 saturated heterocycles. The van der Waals surface area contributed by atoms with Gasteiger partial charge < -0.3 is 15.2 Å². The molecular weight excluding hydrogens is 298 g/mol. The van der Waals surface area contributed by atoms with Crippen LogP contribution >= 0.6 is 0 Å². The lowest BCUT2D eigenvalue weighted by Crippen LogP contribution is -2.27. The molecule has 0 aromatic heterocycles. The molecule has 2 unspecified atom stereocenters. The maximum Gasteiger partial charge on any atom is 0.128 e. The molecule has 2 aromatic rings. The summed E-state index contributed by atoms with van der Waals surface area (Å²) in [4.78, 5) is 11.3. The van der Waals surface area contributed by atoms with Crippen LogP contribution in [0.25, 0.3) is 12.2 Å².